The van der Waals surface area contributed by atoms with Gasteiger partial charge in [0.2, 0.25) is 11.7 Å². The van der Waals surface area contributed by atoms with Crippen molar-refractivity contribution in [1.29, 1.82) is 0 Å². The van der Waals surface area contributed by atoms with Gasteiger partial charge in [0.25, 0.3) is 5.91 Å². The molecular formula is C31H41N5O10. The summed E-state index contributed by atoms with van der Waals surface area (Å²) in [4.78, 5) is 69.3. The fraction of sp³-hybridized carbons (Fsp3) is 0.516. The minimum atomic E-state index is -2.77. The Balaban J connectivity index is 1.84. The Morgan fingerprint density at radius 1 is 1.11 bits per heavy atom. The van der Waals surface area contributed by atoms with Crippen LogP contribution in [0.1, 0.15) is 37.8 Å². The van der Waals surface area contributed by atoms with E-state index in [0.717, 1.165) is 0 Å². The standard InChI is InChI=1S/C31H41N5O10/c1-7-9-36(30(44)46-8-2)13-19(37)33-17-12-18(34(3)4)15-10-14-11-16-23(35(5)6)26(40)22(29(32)43)28(42)31(16,45)27(41)20(14)25(39)21(15)24(17)38/h12,14,16,23,38-39,42,45H,7-11,13H2,1-6H3,(H2,32,43)(H,33,37)/t14-,16-,23-,31-/m0/s1. The Morgan fingerprint density at radius 3 is 2.30 bits per heavy atom. The summed E-state index contributed by atoms with van der Waals surface area (Å²) in [5.41, 5.74) is 2.03. The number of carbonyl (C=O) groups is 5. The first kappa shape index (κ1) is 34.2. The Kier molecular flexibility index (Phi) is 9.41. The van der Waals surface area contributed by atoms with Crippen molar-refractivity contribution in [2.24, 2.45) is 17.6 Å². The summed E-state index contributed by atoms with van der Waals surface area (Å²) in [5.74, 6) is -8.36. The molecule has 1 saturated carbocycles. The number of hydrogen-bond donors (Lipinski definition) is 6. The third kappa shape index (κ3) is 5.42. The van der Waals surface area contributed by atoms with E-state index in [4.69, 9.17) is 10.5 Å². The number of nitrogens with zero attached hydrogens (tertiary/aromatic N) is 3. The molecule has 3 aliphatic carbocycles. The number of nitrogens with two attached hydrogens (primary N) is 1. The highest BCUT2D eigenvalue weighted by molar-refractivity contribution is 6.24. The first-order chi connectivity index (χ1) is 21.5. The lowest BCUT2D eigenvalue weighted by molar-refractivity contribution is -0.153. The summed E-state index contributed by atoms with van der Waals surface area (Å²) in [7, 11) is 6.47. The molecule has 0 unspecified atom stereocenters. The van der Waals surface area contributed by atoms with Crippen LogP contribution in [0.15, 0.2) is 23.0 Å². The van der Waals surface area contributed by atoms with Gasteiger partial charge in [0.1, 0.15) is 29.4 Å². The molecule has 0 heterocycles. The second-order valence-corrected chi connectivity index (χ2v) is 12.2. The van der Waals surface area contributed by atoms with Crippen LogP contribution in [0.5, 0.6) is 5.75 Å². The normalized spacial score (nSPS) is 23.9. The van der Waals surface area contributed by atoms with Gasteiger partial charge in [-0.2, -0.15) is 0 Å². The van der Waals surface area contributed by atoms with Gasteiger partial charge in [-0.25, -0.2) is 4.79 Å². The molecule has 0 saturated heterocycles. The first-order valence-corrected chi connectivity index (χ1v) is 14.9. The zero-order valence-corrected chi connectivity index (χ0v) is 26.7. The van der Waals surface area contributed by atoms with Crippen LogP contribution in [-0.4, -0.2) is 119 Å². The van der Waals surface area contributed by atoms with Crippen molar-refractivity contribution in [2.75, 3.05) is 58.1 Å². The van der Waals surface area contributed by atoms with Crippen molar-refractivity contribution in [3.8, 4) is 5.75 Å². The monoisotopic (exact) mass is 643 g/mol. The number of nitrogens with one attached hydrogen (secondary N) is 1. The largest absolute Gasteiger partial charge is 0.508 e. The molecule has 4 atom stereocenters. The molecular weight excluding hydrogens is 602 g/mol. The highest BCUT2D eigenvalue weighted by atomic mass is 16.6. The second kappa shape index (κ2) is 12.6. The average Bonchev–Trinajstić information content (AvgIpc) is 2.95. The molecule has 46 heavy (non-hydrogen) atoms. The van der Waals surface area contributed by atoms with E-state index in [1.54, 1.807) is 25.9 Å². The van der Waals surface area contributed by atoms with E-state index in [2.05, 4.69) is 5.32 Å². The molecule has 3 aliphatic rings. The Bertz CT molecular complexity index is 1560. The van der Waals surface area contributed by atoms with E-state index < -0.39 is 75.8 Å². The summed E-state index contributed by atoms with van der Waals surface area (Å²) in [6.45, 7) is 3.44. The number of phenolic OH excluding ortho intramolecular Hbond substituents is 1. The zero-order chi connectivity index (χ0) is 34.4. The third-order valence-electron chi connectivity index (χ3n) is 8.81. The summed E-state index contributed by atoms with van der Waals surface area (Å²) < 4.78 is 5.02. The van der Waals surface area contributed by atoms with Crippen LogP contribution in [0.4, 0.5) is 16.2 Å². The molecule has 3 amide bonds. The first-order valence-electron chi connectivity index (χ1n) is 14.9. The molecule has 15 nitrogen and oxygen atoms in total. The average molecular weight is 644 g/mol. The van der Waals surface area contributed by atoms with Gasteiger partial charge in [-0.3, -0.25) is 29.0 Å². The highest BCUT2D eigenvalue weighted by Gasteiger charge is 2.64. The van der Waals surface area contributed by atoms with E-state index >= 15 is 0 Å². The number of hydrogen-bond acceptors (Lipinski definition) is 12. The predicted molar refractivity (Wildman–Crippen MR) is 166 cm³/mol. The number of phenols is 1. The molecule has 4 rings (SSSR count). The fourth-order valence-corrected chi connectivity index (χ4v) is 6.87. The van der Waals surface area contributed by atoms with Crippen molar-refractivity contribution < 1.29 is 49.1 Å². The smallest absolute Gasteiger partial charge is 0.410 e. The van der Waals surface area contributed by atoms with Gasteiger partial charge in [0.15, 0.2) is 11.4 Å². The van der Waals surface area contributed by atoms with Gasteiger partial charge >= 0.3 is 6.09 Å². The molecule has 1 fully saturated rings. The molecule has 250 valence electrons. The number of aliphatic hydroxyl groups is 3. The number of amides is 3. The van der Waals surface area contributed by atoms with Crippen LogP contribution in [0.2, 0.25) is 0 Å². The molecule has 7 N–H and O–H groups in total. The van der Waals surface area contributed by atoms with Gasteiger partial charge in [-0.1, -0.05) is 6.92 Å². The molecule has 1 aromatic carbocycles. The predicted octanol–water partition coefficient (Wildman–Crippen LogP) is 0.837. The van der Waals surface area contributed by atoms with Crippen LogP contribution in [-0.2, 0) is 30.3 Å². The Morgan fingerprint density at radius 2 is 1.76 bits per heavy atom. The van der Waals surface area contributed by atoms with Gasteiger partial charge < -0.3 is 41.1 Å². The quantitative estimate of drug-likeness (QED) is 0.163. The van der Waals surface area contributed by atoms with E-state index in [1.165, 1.54) is 30.0 Å². The Labute approximate surface area is 265 Å². The van der Waals surface area contributed by atoms with Gasteiger partial charge in [0, 0.05) is 37.8 Å². The van der Waals surface area contributed by atoms with Crippen LogP contribution in [0.3, 0.4) is 0 Å². The molecule has 0 spiro atoms. The number of carbonyl (C=O) groups excluding carboxylic acids is 5. The lowest BCUT2D eigenvalue weighted by Crippen LogP contribution is -2.65. The van der Waals surface area contributed by atoms with Crippen molar-refractivity contribution in [3.63, 3.8) is 0 Å². The van der Waals surface area contributed by atoms with E-state index in [9.17, 15) is 44.4 Å². The molecule has 0 bridgehead atoms. The summed E-state index contributed by atoms with van der Waals surface area (Å²) in [6, 6.07) is 0.305. The number of fused-ring (bicyclic) bond motifs is 3. The minimum Gasteiger partial charge on any atom is -0.508 e. The minimum absolute atomic E-state index is 0.0565. The van der Waals surface area contributed by atoms with Crippen LogP contribution in [0.25, 0.3) is 5.76 Å². The zero-order valence-electron chi connectivity index (χ0n) is 26.7. The number of aliphatic hydroxyl groups excluding tert-OH is 2. The number of ether oxygens (including phenoxy) is 1. The van der Waals surface area contributed by atoms with Gasteiger partial charge in [0.05, 0.1) is 23.9 Å². The molecule has 0 aromatic heterocycles. The number of likely N-dealkylation sites (N-methyl/N-ethyl adjacent to an activating group) is 1. The lowest BCUT2D eigenvalue weighted by Gasteiger charge is -2.50. The van der Waals surface area contributed by atoms with E-state index in [1.807, 2.05) is 6.92 Å². The van der Waals surface area contributed by atoms with Crippen LogP contribution >= 0.6 is 0 Å². The molecule has 0 aliphatic heterocycles. The number of ketones is 2. The maximum Gasteiger partial charge on any atom is 0.410 e. The fourth-order valence-electron chi connectivity index (χ4n) is 6.87. The molecule has 15 heteroatoms. The maximum atomic E-state index is 14.1. The number of Topliss-reactive ketones (excluding diaryl/α,β-unsaturated/α-hetero) is 2. The van der Waals surface area contributed by atoms with Crippen LogP contribution < -0.4 is 16.0 Å². The highest BCUT2D eigenvalue weighted by Crippen LogP contribution is 2.54. The van der Waals surface area contributed by atoms with Crippen molar-refractivity contribution in [1.82, 2.24) is 9.80 Å². The summed E-state index contributed by atoms with van der Waals surface area (Å²) >= 11 is 0. The second-order valence-electron chi connectivity index (χ2n) is 12.2. The van der Waals surface area contributed by atoms with Gasteiger partial charge in [-0.15, -0.1) is 0 Å². The lowest BCUT2D eigenvalue weighted by atomic mass is 9.57. The number of rotatable bonds is 9. The van der Waals surface area contributed by atoms with Crippen molar-refractivity contribution in [2.45, 2.75) is 44.8 Å². The number of primary amides is 1. The number of benzene rings is 1. The molecule has 1 aromatic rings. The summed E-state index contributed by atoms with van der Waals surface area (Å²) in [5, 5.41) is 48.5. The topological polar surface area (TPSA) is 223 Å². The third-order valence-corrected chi connectivity index (χ3v) is 8.81. The Hall–Kier alpha value is -4.63. The number of aromatic hydroxyl groups is 1. The van der Waals surface area contributed by atoms with Crippen molar-refractivity contribution in [3.05, 3.63) is 34.1 Å². The summed E-state index contributed by atoms with van der Waals surface area (Å²) in [6.07, 6.45) is -0.100. The molecule has 0 radical (unpaired) electrons. The SMILES string of the molecule is CCCN(CC(=O)Nc1cc(N(C)C)c2c(c1O)C(O)=C1C(=O)[C@]3(O)C(O)=C(C(N)=O)C(=O)[C@@H](N(C)C)[C@@H]3C[C@@H]1C2)C(=O)OCC. The van der Waals surface area contributed by atoms with E-state index in [0.29, 0.717) is 17.7 Å². The van der Waals surface area contributed by atoms with Crippen LogP contribution in [0, 0.1) is 11.8 Å². The maximum absolute atomic E-state index is 14.1. The van der Waals surface area contributed by atoms with Crippen molar-refractivity contribution >= 4 is 46.6 Å². The van der Waals surface area contributed by atoms with E-state index in [-0.39, 0.29) is 49.4 Å². The van der Waals surface area contributed by atoms with Gasteiger partial charge in [-0.05, 0) is 57.8 Å². The number of anilines is 2.